The molecule has 1 atom stereocenters. The van der Waals surface area contributed by atoms with E-state index in [4.69, 9.17) is 9.47 Å². The van der Waals surface area contributed by atoms with Crippen molar-refractivity contribution in [3.8, 4) is 0 Å². The van der Waals surface area contributed by atoms with E-state index in [9.17, 15) is 14.7 Å². The molecular weight excluding hydrogens is 404 g/mol. The van der Waals surface area contributed by atoms with Crippen LogP contribution in [0, 0.1) is 0 Å². The van der Waals surface area contributed by atoms with Gasteiger partial charge in [-0.3, -0.25) is 4.79 Å². The maximum Gasteiger partial charge on any atom is 0.338 e. The van der Waals surface area contributed by atoms with Crippen LogP contribution in [0.4, 0.5) is 0 Å². The molecule has 1 unspecified atom stereocenters. The third kappa shape index (κ3) is 5.28. The van der Waals surface area contributed by atoms with Crippen LogP contribution in [0.25, 0.3) is 12.2 Å². The Hall–Kier alpha value is -2.92. The minimum absolute atomic E-state index is 0.0492. The molecule has 0 aliphatic heterocycles. The molecule has 32 heavy (non-hydrogen) atoms. The highest BCUT2D eigenvalue weighted by molar-refractivity contribution is 5.89. The first kappa shape index (κ1) is 23.7. The van der Waals surface area contributed by atoms with E-state index < -0.39 is 5.60 Å². The first-order valence-electron chi connectivity index (χ1n) is 11.2. The lowest BCUT2D eigenvalue weighted by Crippen LogP contribution is -2.39. The van der Waals surface area contributed by atoms with Crippen LogP contribution in [0.5, 0.6) is 0 Å². The first-order chi connectivity index (χ1) is 15.2. The summed E-state index contributed by atoms with van der Waals surface area (Å²) in [5.41, 5.74) is 2.93. The molecule has 2 aromatic rings. The lowest BCUT2D eigenvalue weighted by atomic mass is 9.65. The van der Waals surface area contributed by atoms with Crippen molar-refractivity contribution in [1.82, 2.24) is 0 Å². The van der Waals surface area contributed by atoms with Gasteiger partial charge in [0.05, 0.1) is 25.2 Å². The second kappa shape index (κ2) is 9.70. The molecule has 1 aliphatic carbocycles. The van der Waals surface area contributed by atoms with Gasteiger partial charge in [0.2, 0.25) is 0 Å². The number of carbonyl (C=O) groups is 2. The SMILES string of the molecule is CCOC(=O)CC1(O)CCC(C)(C)c2ccc(/C=C/c3ccc(C(=O)OCC)cc3)cc21. The van der Waals surface area contributed by atoms with Crippen molar-refractivity contribution in [2.45, 2.75) is 58.0 Å². The van der Waals surface area contributed by atoms with E-state index in [1.54, 1.807) is 26.0 Å². The molecule has 1 N–H and O–H groups in total. The number of aliphatic hydroxyl groups is 1. The van der Waals surface area contributed by atoms with Gasteiger partial charge in [-0.15, -0.1) is 0 Å². The van der Waals surface area contributed by atoms with Crippen molar-refractivity contribution in [2.75, 3.05) is 13.2 Å². The highest BCUT2D eigenvalue weighted by Gasteiger charge is 2.43. The molecule has 0 spiro atoms. The molecule has 1 aliphatic rings. The zero-order valence-corrected chi connectivity index (χ0v) is 19.3. The zero-order chi connectivity index (χ0) is 23.4. The van der Waals surface area contributed by atoms with Gasteiger partial charge in [0.1, 0.15) is 5.60 Å². The molecule has 0 saturated carbocycles. The van der Waals surface area contributed by atoms with E-state index in [0.717, 1.165) is 28.7 Å². The van der Waals surface area contributed by atoms with E-state index in [1.807, 2.05) is 42.5 Å². The second-order valence-corrected chi connectivity index (χ2v) is 8.88. The van der Waals surface area contributed by atoms with Crippen molar-refractivity contribution in [1.29, 1.82) is 0 Å². The molecule has 5 nitrogen and oxygen atoms in total. The van der Waals surface area contributed by atoms with Crippen LogP contribution >= 0.6 is 0 Å². The number of hydrogen-bond donors (Lipinski definition) is 1. The Labute approximate surface area is 190 Å². The standard InChI is InChI=1S/C27H32O5/c1-5-31-24(28)18-27(30)16-15-26(3,4)22-14-11-20(17-23(22)27)8-7-19-9-12-21(13-10-19)25(29)32-6-2/h7-14,17,30H,5-6,15-16,18H2,1-4H3/b8-7+. The summed E-state index contributed by atoms with van der Waals surface area (Å²) in [7, 11) is 0. The minimum Gasteiger partial charge on any atom is -0.466 e. The van der Waals surface area contributed by atoms with E-state index >= 15 is 0 Å². The molecule has 0 aromatic heterocycles. The predicted octanol–water partition coefficient (Wildman–Crippen LogP) is 5.25. The Morgan fingerprint density at radius 1 is 0.906 bits per heavy atom. The van der Waals surface area contributed by atoms with Crippen LogP contribution in [0.2, 0.25) is 0 Å². The summed E-state index contributed by atoms with van der Waals surface area (Å²) in [6, 6.07) is 13.3. The molecule has 0 saturated heterocycles. The Kier molecular flexibility index (Phi) is 7.19. The third-order valence-electron chi connectivity index (χ3n) is 6.07. The van der Waals surface area contributed by atoms with Gasteiger partial charge >= 0.3 is 11.9 Å². The maximum absolute atomic E-state index is 12.2. The summed E-state index contributed by atoms with van der Waals surface area (Å²) in [4.78, 5) is 24.0. The number of rotatable bonds is 7. The average molecular weight is 437 g/mol. The van der Waals surface area contributed by atoms with Crippen molar-refractivity contribution in [3.05, 3.63) is 70.3 Å². The van der Waals surface area contributed by atoms with Crippen molar-refractivity contribution in [2.24, 2.45) is 0 Å². The lowest BCUT2D eigenvalue weighted by Gasteiger charge is -2.42. The number of hydrogen-bond acceptors (Lipinski definition) is 5. The Morgan fingerprint density at radius 3 is 2.19 bits per heavy atom. The number of esters is 2. The van der Waals surface area contributed by atoms with Crippen LogP contribution < -0.4 is 0 Å². The van der Waals surface area contributed by atoms with Crippen molar-refractivity contribution >= 4 is 24.1 Å². The molecule has 0 radical (unpaired) electrons. The van der Waals surface area contributed by atoms with Gasteiger partial charge in [-0.1, -0.05) is 50.3 Å². The largest absolute Gasteiger partial charge is 0.466 e. The third-order valence-corrected chi connectivity index (χ3v) is 6.07. The number of ether oxygens (including phenoxy) is 2. The monoisotopic (exact) mass is 436 g/mol. The van der Waals surface area contributed by atoms with E-state index in [0.29, 0.717) is 25.2 Å². The van der Waals surface area contributed by atoms with Crippen LogP contribution in [0.1, 0.15) is 79.6 Å². The van der Waals surface area contributed by atoms with E-state index in [2.05, 4.69) is 13.8 Å². The number of fused-ring (bicyclic) bond motifs is 1. The maximum atomic E-state index is 12.2. The average Bonchev–Trinajstić information content (AvgIpc) is 2.76. The Balaban J connectivity index is 1.87. The summed E-state index contributed by atoms with van der Waals surface area (Å²) in [6.07, 6.45) is 5.17. The molecule has 0 heterocycles. The van der Waals surface area contributed by atoms with Crippen LogP contribution in [-0.4, -0.2) is 30.3 Å². The van der Waals surface area contributed by atoms with Gasteiger partial charge in [0, 0.05) is 0 Å². The molecule has 0 bridgehead atoms. The molecule has 0 fully saturated rings. The minimum atomic E-state index is -1.23. The van der Waals surface area contributed by atoms with Gasteiger partial charge in [-0.25, -0.2) is 4.79 Å². The number of carbonyl (C=O) groups excluding carboxylic acids is 2. The molecule has 2 aromatic carbocycles. The summed E-state index contributed by atoms with van der Waals surface area (Å²) < 4.78 is 10.1. The summed E-state index contributed by atoms with van der Waals surface area (Å²) in [5, 5.41) is 11.4. The summed E-state index contributed by atoms with van der Waals surface area (Å²) >= 11 is 0. The lowest BCUT2D eigenvalue weighted by molar-refractivity contribution is -0.150. The smallest absolute Gasteiger partial charge is 0.338 e. The molecular formula is C27H32O5. The molecule has 3 rings (SSSR count). The predicted molar refractivity (Wildman–Crippen MR) is 125 cm³/mol. The van der Waals surface area contributed by atoms with Gasteiger partial charge in [-0.2, -0.15) is 0 Å². The highest BCUT2D eigenvalue weighted by atomic mass is 16.5. The van der Waals surface area contributed by atoms with E-state index in [-0.39, 0.29) is 23.8 Å². The highest BCUT2D eigenvalue weighted by Crippen LogP contribution is 2.46. The van der Waals surface area contributed by atoms with Gasteiger partial charge in [0.25, 0.3) is 0 Å². The number of benzene rings is 2. The fraction of sp³-hybridized carbons (Fsp3) is 0.407. The Bertz CT molecular complexity index is 1000. The normalized spacial score (nSPS) is 19.4. The van der Waals surface area contributed by atoms with Crippen LogP contribution in [-0.2, 0) is 25.3 Å². The molecule has 170 valence electrons. The van der Waals surface area contributed by atoms with E-state index in [1.165, 1.54) is 0 Å². The Morgan fingerprint density at radius 2 is 1.53 bits per heavy atom. The van der Waals surface area contributed by atoms with Gasteiger partial charge in [-0.05, 0) is 72.6 Å². The quantitative estimate of drug-likeness (QED) is 0.474. The van der Waals surface area contributed by atoms with Crippen LogP contribution in [0.3, 0.4) is 0 Å². The summed E-state index contributed by atoms with van der Waals surface area (Å²) in [5.74, 6) is -0.718. The van der Waals surface area contributed by atoms with Crippen molar-refractivity contribution < 1.29 is 24.2 Å². The fourth-order valence-electron chi connectivity index (χ4n) is 4.20. The molecule has 5 heteroatoms. The van der Waals surface area contributed by atoms with Crippen LogP contribution in [0.15, 0.2) is 42.5 Å². The van der Waals surface area contributed by atoms with Gasteiger partial charge < -0.3 is 14.6 Å². The first-order valence-corrected chi connectivity index (χ1v) is 11.2. The fourth-order valence-corrected chi connectivity index (χ4v) is 4.20. The molecule has 0 amide bonds. The summed E-state index contributed by atoms with van der Waals surface area (Å²) in [6.45, 7) is 8.51. The van der Waals surface area contributed by atoms with Gasteiger partial charge in [0.15, 0.2) is 0 Å². The van der Waals surface area contributed by atoms with Crippen molar-refractivity contribution in [3.63, 3.8) is 0 Å². The topological polar surface area (TPSA) is 72.8 Å². The second-order valence-electron chi connectivity index (χ2n) is 8.88. The zero-order valence-electron chi connectivity index (χ0n) is 19.3.